The maximum absolute atomic E-state index is 5.25. The molecular formula is C26H34N4O. The zero-order valence-electron chi connectivity index (χ0n) is 18.8. The van der Waals surface area contributed by atoms with Gasteiger partial charge >= 0.3 is 0 Å². The third-order valence-electron chi connectivity index (χ3n) is 6.36. The number of H-pyrrole nitrogens is 1. The summed E-state index contributed by atoms with van der Waals surface area (Å²) in [6, 6.07) is 18.9. The van der Waals surface area contributed by atoms with E-state index in [0.29, 0.717) is 0 Å². The molecule has 1 aliphatic heterocycles. The first-order valence-corrected chi connectivity index (χ1v) is 11.3. The minimum atomic E-state index is 0.773. The molecule has 1 aliphatic rings. The summed E-state index contributed by atoms with van der Waals surface area (Å²) in [4.78, 5) is 5.07. The zero-order chi connectivity index (χ0) is 21.5. The molecule has 0 amide bonds. The SMILES string of the molecule is COc1ccc(CCN2CCC(CN(C)Cc3c[nH]nc3-c3ccccc3)CC2)cc1. The van der Waals surface area contributed by atoms with Crippen LogP contribution in [0.3, 0.4) is 0 Å². The van der Waals surface area contributed by atoms with Crippen LogP contribution in [0.5, 0.6) is 5.75 Å². The summed E-state index contributed by atoms with van der Waals surface area (Å²) in [5.74, 6) is 1.70. The van der Waals surface area contributed by atoms with Crippen LogP contribution in [0.25, 0.3) is 11.3 Å². The van der Waals surface area contributed by atoms with Crippen LogP contribution in [0.2, 0.25) is 0 Å². The van der Waals surface area contributed by atoms with E-state index in [-0.39, 0.29) is 0 Å². The number of nitrogens with one attached hydrogen (secondary N) is 1. The van der Waals surface area contributed by atoms with E-state index in [9.17, 15) is 0 Å². The second-order valence-corrected chi connectivity index (χ2v) is 8.70. The van der Waals surface area contributed by atoms with Crippen LogP contribution in [0, 0.1) is 5.92 Å². The van der Waals surface area contributed by atoms with Crippen LogP contribution in [0.15, 0.2) is 60.8 Å². The van der Waals surface area contributed by atoms with Crippen LogP contribution in [0.4, 0.5) is 0 Å². The minimum absolute atomic E-state index is 0.773. The molecule has 0 radical (unpaired) electrons. The van der Waals surface area contributed by atoms with E-state index < -0.39 is 0 Å². The topological polar surface area (TPSA) is 44.4 Å². The van der Waals surface area contributed by atoms with Gasteiger partial charge in [-0.1, -0.05) is 42.5 Å². The summed E-state index contributed by atoms with van der Waals surface area (Å²) in [6.07, 6.45) is 5.71. The molecule has 5 heteroatoms. The molecule has 31 heavy (non-hydrogen) atoms. The van der Waals surface area contributed by atoms with E-state index >= 15 is 0 Å². The van der Waals surface area contributed by atoms with Crippen molar-refractivity contribution in [2.45, 2.75) is 25.8 Å². The largest absolute Gasteiger partial charge is 0.497 e. The van der Waals surface area contributed by atoms with Crippen molar-refractivity contribution in [1.82, 2.24) is 20.0 Å². The molecule has 0 unspecified atom stereocenters. The van der Waals surface area contributed by atoms with E-state index in [1.54, 1.807) is 7.11 Å². The number of rotatable bonds is 9. The Morgan fingerprint density at radius 3 is 2.52 bits per heavy atom. The molecule has 0 saturated carbocycles. The van der Waals surface area contributed by atoms with Crippen LogP contribution in [0.1, 0.15) is 24.0 Å². The lowest BCUT2D eigenvalue weighted by molar-refractivity contribution is 0.153. The second kappa shape index (κ2) is 10.6. The van der Waals surface area contributed by atoms with Crippen molar-refractivity contribution in [3.8, 4) is 17.0 Å². The second-order valence-electron chi connectivity index (χ2n) is 8.70. The van der Waals surface area contributed by atoms with Crippen molar-refractivity contribution in [1.29, 1.82) is 0 Å². The highest BCUT2D eigenvalue weighted by atomic mass is 16.5. The number of aromatic nitrogens is 2. The van der Waals surface area contributed by atoms with Gasteiger partial charge in [-0.25, -0.2) is 0 Å². The third kappa shape index (κ3) is 5.96. The molecule has 0 spiro atoms. The standard InChI is InChI=1S/C26H34N4O/c1-29(20-24-18-27-28-26(24)23-6-4-3-5-7-23)19-22-13-16-30(17-14-22)15-12-21-8-10-25(31-2)11-9-21/h3-11,18,22H,12-17,19-20H2,1-2H3,(H,27,28). The van der Waals surface area contributed by atoms with E-state index in [2.05, 4.69) is 75.6 Å². The summed E-state index contributed by atoms with van der Waals surface area (Å²) in [5, 5.41) is 7.54. The van der Waals surface area contributed by atoms with Crippen LogP contribution >= 0.6 is 0 Å². The normalized spacial score (nSPS) is 15.5. The number of piperidine rings is 1. The summed E-state index contributed by atoms with van der Waals surface area (Å²) in [5.41, 5.74) is 4.90. The lowest BCUT2D eigenvalue weighted by Crippen LogP contribution is -2.38. The predicted molar refractivity (Wildman–Crippen MR) is 126 cm³/mol. The van der Waals surface area contributed by atoms with Gasteiger partial charge in [0.15, 0.2) is 0 Å². The van der Waals surface area contributed by atoms with Gasteiger partial charge in [0, 0.05) is 37.0 Å². The molecular weight excluding hydrogens is 384 g/mol. The van der Waals surface area contributed by atoms with Gasteiger partial charge in [0.2, 0.25) is 0 Å². The van der Waals surface area contributed by atoms with Gasteiger partial charge < -0.3 is 14.5 Å². The molecule has 4 rings (SSSR count). The third-order valence-corrected chi connectivity index (χ3v) is 6.36. The Morgan fingerprint density at radius 2 is 1.81 bits per heavy atom. The summed E-state index contributed by atoms with van der Waals surface area (Å²) in [6.45, 7) is 5.62. The van der Waals surface area contributed by atoms with E-state index in [4.69, 9.17) is 4.74 Å². The molecule has 3 aromatic rings. The Morgan fingerprint density at radius 1 is 1.06 bits per heavy atom. The minimum Gasteiger partial charge on any atom is -0.497 e. The first-order valence-electron chi connectivity index (χ1n) is 11.3. The van der Waals surface area contributed by atoms with Gasteiger partial charge in [0.1, 0.15) is 5.75 Å². The molecule has 2 aromatic carbocycles. The lowest BCUT2D eigenvalue weighted by atomic mass is 9.95. The monoisotopic (exact) mass is 418 g/mol. The first kappa shape index (κ1) is 21.6. The highest BCUT2D eigenvalue weighted by molar-refractivity contribution is 5.62. The van der Waals surface area contributed by atoms with Crippen molar-refractivity contribution in [3.63, 3.8) is 0 Å². The van der Waals surface area contributed by atoms with Crippen molar-refractivity contribution < 1.29 is 4.74 Å². The highest BCUT2D eigenvalue weighted by Gasteiger charge is 2.21. The fourth-order valence-corrected chi connectivity index (χ4v) is 4.55. The molecule has 1 aromatic heterocycles. The summed E-state index contributed by atoms with van der Waals surface area (Å²) < 4.78 is 5.25. The van der Waals surface area contributed by atoms with Crippen molar-refractivity contribution in [2.75, 3.05) is 40.3 Å². The van der Waals surface area contributed by atoms with Crippen molar-refractivity contribution in [2.24, 2.45) is 5.92 Å². The van der Waals surface area contributed by atoms with Gasteiger partial charge in [-0.15, -0.1) is 0 Å². The number of aromatic amines is 1. The van der Waals surface area contributed by atoms with Gasteiger partial charge in [-0.05, 0) is 63.0 Å². The summed E-state index contributed by atoms with van der Waals surface area (Å²) >= 11 is 0. The Kier molecular flexibility index (Phi) is 7.39. The molecule has 1 saturated heterocycles. The smallest absolute Gasteiger partial charge is 0.118 e. The van der Waals surface area contributed by atoms with Gasteiger partial charge in [-0.3, -0.25) is 5.10 Å². The van der Waals surface area contributed by atoms with Crippen LogP contribution in [-0.2, 0) is 13.0 Å². The average molecular weight is 419 g/mol. The summed E-state index contributed by atoms with van der Waals surface area (Å²) in [7, 11) is 3.95. The molecule has 1 fully saturated rings. The number of hydrogen-bond acceptors (Lipinski definition) is 4. The van der Waals surface area contributed by atoms with E-state index in [0.717, 1.165) is 43.4 Å². The predicted octanol–water partition coefficient (Wildman–Crippen LogP) is 4.47. The maximum atomic E-state index is 5.25. The number of ether oxygens (including phenoxy) is 1. The first-order chi connectivity index (χ1) is 15.2. The Hall–Kier alpha value is -2.63. The molecule has 164 valence electrons. The quantitative estimate of drug-likeness (QED) is 0.557. The molecule has 2 heterocycles. The number of nitrogens with zero attached hydrogens (tertiary/aromatic N) is 3. The number of benzene rings is 2. The van der Waals surface area contributed by atoms with Gasteiger partial charge in [-0.2, -0.15) is 5.10 Å². The average Bonchev–Trinajstić information content (AvgIpc) is 3.27. The van der Waals surface area contributed by atoms with E-state index in [1.807, 2.05) is 12.3 Å². The fourth-order valence-electron chi connectivity index (χ4n) is 4.55. The van der Waals surface area contributed by atoms with Gasteiger partial charge in [0.05, 0.1) is 12.8 Å². The molecule has 1 N–H and O–H groups in total. The zero-order valence-corrected chi connectivity index (χ0v) is 18.8. The van der Waals surface area contributed by atoms with Crippen molar-refractivity contribution in [3.05, 3.63) is 71.9 Å². The van der Waals surface area contributed by atoms with E-state index in [1.165, 1.54) is 42.6 Å². The molecule has 0 aliphatic carbocycles. The van der Waals surface area contributed by atoms with Gasteiger partial charge in [0.25, 0.3) is 0 Å². The fraction of sp³-hybridized carbons (Fsp3) is 0.423. The Bertz CT molecular complexity index is 914. The highest BCUT2D eigenvalue weighted by Crippen LogP contribution is 2.23. The van der Waals surface area contributed by atoms with Crippen LogP contribution < -0.4 is 4.74 Å². The molecule has 0 bridgehead atoms. The van der Waals surface area contributed by atoms with Crippen LogP contribution in [-0.4, -0.2) is 60.3 Å². The Balaban J connectivity index is 1.21. The number of hydrogen-bond donors (Lipinski definition) is 1. The number of methoxy groups -OCH3 is 1. The molecule has 5 nitrogen and oxygen atoms in total. The van der Waals surface area contributed by atoms with Crippen molar-refractivity contribution >= 4 is 0 Å². The number of likely N-dealkylation sites (tertiary alicyclic amines) is 1. The molecule has 0 atom stereocenters. The lowest BCUT2D eigenvalue weighted by Gasteiger charge is -2.34. The maximum Gasteiger partial charge on any atom is 0.118 e. The Labute approximate surface area is 186 Å².